The maximum absolute atomic E-state index is 11.7. The van der Waals surface area contributed by atoms with Gasteiger partial charge in [-0.1, -0.05) is 12.1 Å². The minimum Gasteiger partial charge on any atom is -0.493 e. The summed E-state index contributed by atoms with van der Waals surface area (Å²) in [7, 11) is 1.65. The number of hydrogen-bond acceptors (Lipinski definition) is 5. The number of ether oxygens (including phenoxy) is 2. The van der Waals surface area contributed by atoms with E-state index < -0.39 is 15.0 Å². The second kappa shape index (κ2) is 8.11. The van der Waals surface area contributed by atoms with Crippen LogP contribution >= 0.6 is 10.7 Å². The third-order valence-corrected chi connectivity index (χ3v) is 3.66. The van der Waals surface area contributed by atoms with Crippen molar-refractivity contribution in [1.82, 2.24) is 0 Å². The Morgan fingerprint density at radius 3 is 2.60 bits per heavy atom. The molecule has 5 nitrogen and oxygen atoms in total. The van der Waals surface area contributed by atoms with Crippen molar-refractivity contribution in [1.29, 1.82) is 0 Å². The molecule has 0 heterocycles. The molecule has 0 saturated carbocycles. The summed E-state index contributed by atoms with van der Waals surface area (Å²) in [4.78, 5) is 11.7. The van der Waals surface area contributed by atoms with Crippen LogP contribution in [0.1, 0.15) is 30.1 Å². The lowest BCUT2D eigenvalue weighted by atomic mass is 10.2. The number of hydrogen-bond donors (Lipinski definition) is 0. The fourth-order valence-corrected chi connectivity index (χ4v) is 2.40. The van der Waals surface area contributed by atoms with Crippen molar-refractivity contribution in [2.45, 2.75) is 19.8 Å². The number of carbonyl (C=O) groups is 1. The van der Waals surface area contributed by atoms with E-state index in [9.17, 15) is 13.2 Å². The predicted molar refractivity (Wildman–Crippen MR) is 76.8 cm³/mol. The fourth-order valence-electron chi connectivity index (χ4n) is 1.53. The summed E-state index contributed by atoms with van der Waals surface area (Å²) in [5.74, 6) is -0.0941. The van der Waals surface area contributed by atoms with Crippen LogP contribution in [0.15, 0.2) is 24.3 Å². The highest BCUT2D eigenvalue weighted by atomic mass is 35.7. The van der Waals surface area contributed by atoms with E-state index >= 15 is 0 Å². The van der Waals surface area contributed by atoms with Gasteiger partial charge >= 0.3 is 5.97 Å². The Morgan fingerprint density at radius 1 is 1.25 bits per heavy atom. The molecule has 0 N–H and O–H groups in total. The van der Waals surface area contributed by atoms with E-state index in [2.05, 4.69) is 0 Å². The second-order valence-corrected chi connectivity index (χ2v) is 6.91. The molecular formula is C13H17ClO5S. The first-order valence-electron chi connectivity index (χ1n) is 6.25. The van der Waals surface area contributed by atoms with Gasteiger partial charge in [-0.15, -0.1) is 0 Å². The minimum absolute atomic E-state index is 0.0859. The molecule has 0 aliphatic heterocycles. The molecule has 1 aromatic carbocycles. The highest BCUT2D eigenvalue weighted by Crippen LogP contribution is 2.19. The van der Waals surface area contributed by atoms with Crippen LogP contribution in [0.5, 0.6) is 5.75 Å². The fraction of sp³-hybridized carbons (Fsp3) is 0.462. The molecule has 0 amide bonds. The van der Waals surface area contributed by atoms with Gasteiger partial charge in [-0.3, -0.25) is 0 Å². The first-order valence-corrected chi connectivity index (χ1v) is 8.73. The summed E-state index contributed by atoms with van der Waals surface area (Å²) in [5.41, 5.74) is 0.360. The summed E-state index contributed by atoms with van der Waals surface area (Å²) in [6.45, 7) is 2.33. The molecule has 1 rings (SSSR count). The van der Waals surface area contributed by atoms with E-state index in [1.54, 1.807) is 31.2 Å². The van der Waals surface area contributed by atoms with Gasteiger partial charge in [0.25, 0.3) is 0 Å². The molecule has 0 aromatic heterocycles. The van der Waals surface area contributed by atoms with Gasteiger partial charge in [-0.2, -0.15) is 0 Å². The number of para-hydroxylation sites is 1. The predicted octanol–water partition coefficient (Wildman–Crippen LogP) is 2.59. The Morgan fingerprint density at radius 2 is 1.95 bits per heavy atom. The normalized spacial score (nSPS) is 11.1. The highest BCUT2D eigenvalue weighted by molar-refractivity contribution is 8.13. The topological polar surface area (TPSA) is 69.7 Å². The van der Waals surface area contributed by atoms with Gasteiger partial charge in [-0.25, -0.2) is 13.2 Å². The SMILES string of the molecule is CCOC(=O)c1ccccc1OCCCCS(=O)(=O)Cl. The molecule has 0 fully saturated rings. The van der Waals surface area contributed by atoms with Gasteiger partial charge in [0.1, 0.15) is 11.3 Å². The Hall–Kier alpha value is -1.27. The summed E-state index contributed by atoms with van der Waals surface area (Å²) in [5, 5.41) is 0. The summed E-state index contributed by atoms with van der Waals surface area (Å²) in [6.07, 6.45) is 0.941. The molecule has 7 heteroatoms. The van der Waals surface area contributed by atoms with Gasteiger partial charge in [-0.05, 0) is 31.9 Å². The van der Waals surface area contributed by atoms with Crippen LogP contribution < -0.4 is 4.74 Å². The van der Waals surface area contributed by atoms with Crippen LogP contribution in [-0.2, 0) is 13.8 Å². The number of esters is 1. The van der Waals surface area contributed by atoms with Crippen molar-refractivity contribution in [2.75, 3.05) is 19.0 Å². The third kappa shape index (κ3) is 6.25. The monoisotopic (exact) mass is 320 g/mol. The largest absolute Gasteiger partial charge is 0.493 e. The molecule has 1 aromatic rings. The third-order valence-electron chi connectivity index (χ3n) is 2.42. The van der Waals surface area contributed by atoms with Crippen LogP contribution in [-0.4, -0.2) is 33.4 Å². The molecule has 0 aliphatic rings. The number of halogens is 1. The van der Waals surface area contributed by atoms with Crippen LogP contribution in [0.4, 0.5) is 0 Å². The van der Waals surface area contributed by atoms with Gasteiger partial charge in [0, 0.05) is 10.7 Å². The summed E-state index contributed by atoms with van der Waals surface area (Å²) in [6, 6.07) is 6.77. The number of unbranched alkanes of at least 4 members (excludes halogenated alkanes) is 1. The molecule has 0 unspecified atom stereocenters. The van der Waals surface area contributed by atoms with Gasteiger partial charge < -0.3 is 9.47 Å². The standard InChI is InChI=1S/C13H17ClO5S/c1-2-18-13(15)11-7-3-4-8-12(11)19-9-5-6-10-20(14,16)17/h3-4,7-8H,2,5-6,9-10H2,1H3. The zero-order valence-electron chi connectivity index (χ0n) is 11.2. The summed E-state index contributed by atoms with van der Waals surface area (Å²) < 4.78 is 31.9. The second-order valence-electron chi connectivity index (χ2n) is 4.02. The van der Waals surface area contributed by atoms with E-state index in [1.807, 2.05) is 0 Å². The summed E-state index contributed by atoms with van der Waals surface area (Å²) >= 11 is 0. The van der Waals surface area contributed by atoms with Crippen LogP contribution in [0.2, 0.25) is 0 Å². The van der Waals surface area contributed by atoms with Crippen LogP contribution in [0.3, 0.4) is 0 Å². The van der Waals surface area contributed by atoms with Crippen LogP contribution in [0, 0.1) is 0 Å². The maximum Gasteiger partial charge on any atom is 0.341 e. The minimum atomic E-state index is -3.46. The molecule has 0 radical (unpaired) electrons. The Bertz CT molecular complexity index is 541. The Balaban J connectivity index is 2.50. The van der Waals surface area contributed by atoms with E-state index in [1.165, 1.54) is 0 Å². The average Bonchev–Trinajstić information content (AvgIpc) is 2.38. The number of carbonyl (C=O) groups excluding carboxylic acids is 1. The zero-order chi connectivity index (χ0) is 15.0. The van der Waals surface area contributed by atoms with Crippen molar-refractivity contribution < 1.29 is 22.7 Å². The van der Waals surface area contributed by atoms with E-state index in [0.29, 0.717) is 37.4 Å². The molecule has 112 valence electrons. The molecule has 20 heavy (non-hydrogen) atoms. The number of rotatable bonds is 8. The lowest BCUT2D eigenvalue weighted by Gasteiger charge is -2.10. The maximum atomic E-state index is 11.7. The van der Waals surface area contributed by atoms with Crippen molar-refractivity contribution >= 4 is 25.7 Å². The van der Waals surface area contributed by atoms with E-state index in [-0.39, 0.29) is 5.75 Å². The van der Waals surface area contributed by atoms with Crippen molar-refractivity contribution in [2.24, 2.45) is 0 Å². The molecule has 0 atom stereocenters. The van der Waals surface area contributed by atoms with Gasteiger partial charge in [0.2, 0.25) is 9.05 Å². The van der Waals surface area contributed by atoms with E-state index in [0.717, 1.165) is 0 Å². The quantitative estimate of drug-likeness (QED) is 0.418. The lowest BCUT2D eigenvalue weighted by Crippen LogP contribution is -2.09. The first kappa shape index (κ1) is 16.8. The zero-order valence-corrected chi connectivity index (χ0v) is 12.7. The highest BCUT2D eigenvalue weighted by Gasteiger charge is 2.12. The molecule has 0 aliphatic carbocycles. The Kier molecular flexibility index (Phi) is 6.81. The lowest BCUT2D eigenvalue weighted by molar-refractivity contribution is 0.0521. The van der Waals surface area contributed by atoms with Gasteiger partial charge in [0.15, 0.2) is 0 Å². The molecule has 0 spiro atoms. The van der Waals surface area contributed by atoms with Crippen LogP contribution in [0.25, 0.3) is 0 Å². The van der Waals surface area contributed by atoms with Crippen molar-refractivity contribution in [3.63, 3.8) is 0 Å². The van der Waals surface area contributed by atoms with Crippen molar-refractivity contribution in [3.05, 3.63) is 29.8 Å². The van der Waals surface area contributed by atoms with Crippen molar-refractivity contribution in [3.8, 4) is 5.75 Å². The first-order chi connectivity index (χ1) is 9.44. The Labute approximate surface area is 123 Å². The smallest absolute Gasteiger partial charge is 0.341 e. The number of benzene rings is 1. The molecular weight excluding hydrogens is 304 g/mol. The van der Waals surface area contributed by atoms with Gasteiger partial charge in [0.05, 0.1) is 19.0 Å². The van der Waals surface area contributed by atoms with E-state index in [4.69, 9.17) is 20.2 Å². The molecule has 0 bridgehead atoms. The molecule has 0 saturated heterocycles. The average molecular weight is 321 g/mol.